The molecular formula is C9H10O2. The third-order valence-corrected chi connectivity index (χ3v) is 1.55. The van der Waals surface area contributed by atoms with Gasteiger partial charge in [-0.25, -0.2) is 0 Å². The molecule has 0 bridgehead atoms. The minimum absolute atomic E-state index is 0.201. The average molecular weight is 150 g/mol. The lowest BCUT2D eigenvalue weighted by molar-refractivity contribution is -0.137. The van der Waals surface area contributed by atoms with Crippen LogP contribution in [0.1, 0.15) is 6.92 Å². The number of carbonyl (C=O) groups excluding carboxylic acids is 1. The van der Waals surface area contributed by atoms with Gasteiger partial charge < -0.3 is 4.74 Å². The maximum absolute atomic E-state index is 10.9. The summed E-state index contributed by atoms with van der Waals surface area (Å²) in [6, 6.07) is 0. The summed E-state index contributed by atoms with van der Waals surface area (Å²) in [4.78, 5) is 10.9. The molecule has 2 nitrogen and oxygen atoms in total. The van der Waals surface area contributed by atoms with Crippen LogP contribution in [0.25, 0.3) is 0 Å². The third kappa shape index (κ3) is 1.58. The molecule has 1 rings (SSSR count). The lowest BCUT2D eigenvalue weighted by Crippen LogP contribution is -2.06. The first-order valence-electron chi connectivity index (χ1n) is 3.42. The highest BCUT2D eigenvalue weighted by Crippen LogP contribution is 2.20. The average Bonchev–Trinajstić information content (AvgIpc) is 2.29. The Morgan fingerprint density at radius 1 is 1.73 bits per heavy atom. The zero-order chi connectivity index (χ0) is 8.27. The molecule has 0 saturated carbocycles. The Bertz CT molecular complexity index is 236. The van der Waals surface area contributed by atoms with E-state index < -0.39 is 0 Å². The van der Waals surface area contributed by atoms with Crippen molar-refractivity contribution in [2.45, 2.75) is 6.92 Å². The van der Waals surface area contributed by atoms with Gasteiger partial charge in [0.2, 0.25) is 0 Å². The second-order valence-electron chi connectivity index (χ2n) is 2.40. The van der Waals surface area contributed by atoms with Crippen LogP contribution < -0.4 is 0 Å². The van der Waals surface area contributed by atoms with E-state index in [9.17, 15) is 4.79 Å². The second kappa shape index (κ2) is 3.19. The van der Waals surface area contributed by atoms with E-state index in [1.54, 1.807) is 18.2 Å². The van der Waals surface area contributed by atoms with Crippen molar-refractivity contribution in [3.05, 3.63) is 36.6 Å². The number of hydrogen-bond donors (Lipinski definition) is 0. The van der Waals surface area contributed by atoms with E-state index in [1.807, 2.05) is 6.92 Å². The van der Waals surface area contributed by atoms with Gasteiger partial charge in [-0.05, 0) is 12.5 Å². The molecule has 0 aliphatic carbocycles. The number of cyclic esters (lactones) is 1. The molecule has 2 heteroatoms. The summed E-state index contributed by atoms with van der Waals surface area (Å²) in [6.45, 7) is 5.38. The van der Waals surface area contributed by atoms with E-state index in [1.165, 1.54) is 6.26 Å². The summed E-state index contributed by atoms with van der Waals surface area (Å²) in [5.41, 5.74) is 0.938. The summed E-state index contributed by atoms with van der Waals surface area (Å²) < 4.78 is 4.69. The normalized spacial score (nSPS) is 23.5. The predicted octanol–water partition coefficient (Wildman–Crippen LogP) is 1.81. The summed E-state index contributed by atoms with van der Waals surface area (Å²) >= 11 is 0. The highest BCUT2D eigenvalue weighted by molar-refractivity contribution is 5.80. The quantitative estimate of drug-likeness (QED) is 0.443. The molecule has 0 saturated heterocycles. The van der Waals surface area contributed by atoms with Crippen molar-refractivity contribution < 1.29 is 9.53 Å². The molecule has 1 heterocycles. The van der Waals surface area contributed by atoms with E-state index in [4.69, 9.17) is 0 Å². The minimum Gasteiger partial charge on any atom is -0.434 e. The maximum Gasteiger partial charge on any atom is 0.321 e. The van der Waals surface area contributed by atoms with Crippen molar-refractivity contribution in [1.82, 2.24) is 0 Å². The number of ether oxygens (including phenoxy) is 1. The lowest BCUT2D eigenvalue weighted by Gasteiger charge is -1.98. The molecular weight excluding hydrogens is 140 g/mol. The van der Waals surface area contributed by atoms with Crippen LogP contribution in [0.15, 0.2) is 36.6 Å². The van der Waals surface area contributed by atoms with E-state index in [0.717, 1.165) is 5.57 Å². The smallest absolute Gasteiger partial charge is 0.321 e. The highest BCUT2D eigenvalue weighted by atomic mass is 16.5. The standard InChI is InChI=1S/C9H10O2/c1-3-4-5-8-7(2)6-11-9(8)10/h3-6,8H,1H2,2H3. The van der Waals surface area contributed by atoms with Gasteiger partial charge in [0.05, 0.1) is 12.2 Å². The molecule has 1 aliphatic rings. The van der Waals surface area contributed by atoms with Crippen LogP contribution >= 0.6 is 0 Å². The van der Waals surface area contributed by atoms with Gasteiger partial charge >= 0.3 is 5.97 Å². The zero-order valence-electron chi connectivity index (χ0n) is 6.41. The van der Waals surface area contributed by atoms with Crippen LogP contribution in [0.2, 0.25) is 0 Å². The van der Waals surface area contributed by atoms with Crippen molar-refractivity contribution in [2.24, 2.45) is 5.92 Å². The number of allylic oxidation sites excluding steroid dienone is 2. The van der Waals surface area contributed by atoms with Gasteiger partial charge in [-0.3, -0.25) is 4.79 Å². The molecule has 1 unspecified atom stereocenters. The van der Waals surface area contributed by atoms with Gasteiger partial charge in [-0.15, -0.1) is 0 Å². The van der Waals surface area contributed by atoms with Crippen molar-refractivity contribution >= 4 is 5.97 Å². The Balaban J connectivity index is 2.70. The third-order valence-electron chi connectivity index (χ3n) is 1.55. The Kier molecular flexibility index (Phi) is 2.26. The van der Waals surface area contributed by atoms with Gasteiger partial charge in [0.15, 0.2) is 0 Å². The van der Waals surface area contributed by atoms with Crippen molar-refractivity contribution in [1.29, 1.82) is 0 Å². The molecule has 0 aromatic heterocycles. The minimum atomic E-state index is -0.208. The van der Waals surface area contributed by atoms with E-state index >= 15 is 0 Å². The fourth-order valence-electron chi connectivity index (χ4n) is 0.904. The van der Waals surface area contributed by atoms with Crippen LogP contribution in [0, 0.1) is 5.92 Å². The SMILES string of the molecule is C=CC=CC1C(=O)OC=C1C. The number of rotatable bonds is 2. The molecule has 1 aliphatic heterocycles. The van der Waals surface area contributed by atoms with Crippen LogP contribution in [0.4, 0.5) is 0 Å². The summed E-state index contributed by atoms with van der Waals surface area (Å²) in [7, 11) is 0. The fourth-order valence-corrected chi connectivity index (χ4v) is 0.904. The number of hydrogen-bond acceptors (Lipinski definition) is 2. The van der Waals surface area contributed by atoms with E-state index in [0.29, 0.717) is 0 Å². The van der Waals surface area contributed by atoms with Gasteiger partial charge in [0, 0.05) is 0 Å². The monoisotopic (exact) mass is 150 g/mol. The Labute approximate surface area is 65.9 Å². The molecule has 0 radical (unpaired) electrons. The maximum atomic E-state index is 10.9. The van der Waals surface area contributed by atoms with Crippen LogP contribution in [0.3, 0.4) is 0 Å². The molecule has 0 spiro atoms. The highest BCUT2D eigenvalue weighted by Gasteiger charge is 2.23. The first-order valence-corrected chi connectivity index (χ1v) is 3.42. The molecule has 0 fully saturated rings. The summed E-state index contributed by atoms with van der Waals surface area (Å²) in [5, 5.41) is 0. The molecule has 11 heavy (non-hydrogen) atoms. The zero-order valence-corrected chi connectivity index (χ0v) is 6.41. The molecule has 1 atom stereocenters. The topological polar surface area (TPSA) is 26.3 Å². The molecule has 0 N–H and O–H groups in total. The molecule has 0 amide bonds. The van der Waals surface area contributed by atoms with Gasteiger partial charge in [-0.2, -0.15) is 0 Å². The van der Waals surface area contributed by atoms with Crippen molar-refractivity contribution in [3.63, 3.8) is 0 Å². The first-order chi connectivity index (χ1) is 5.25. The predicted molar refractivity (Wildman–Crippen MR) is 42.7 cm³/mol. The van der Waals surface area contributed by atoms with Crippen LogP contribution in [-0.2, 0) is 9.53 Å². The fraction of sp³-hybridized carbons (Fsp3) is 0.222. The molecule has 58 valence electrons. The van der Waals surface area contributed by atoms with Gasteiger partial charge in [0.25, 0.3) is 0 Å². The van der Waals surface area contributed by atoms with Crippen LogP contribution in [0.5, 0.6) is 0 Å². The Hall–Kier alpha value is -1.31. The van der Waals surface area contributed by atoms with Crippen LogP contribution in [-0.4, -0.2) is 5.97 Å². The number of carbonyl (C=O) groups is 1. The second-order valence-corrected chi connectivity index (χ2v) is 2.40. The van der Waals surface area contributed by atoms with E-state index in [2.05, 4.69) is 11.3 Å². The molecule has 0 aromatic carbocycles. The van der Waals surface area contributed by atoms with Gasteiger partial charge in [-0.1, -0.05) is 24.8 Å². The first kappa shape index (κ1) is 7.79. The number of esters is 1. The van der Waals surface area contributed by atoms with Crippen molar-refractivity contribution in [3.8, 4) is 0 Å². The summed E-state index contributed by atoms with van der Waals surface area (Å²) in [6.07, 6.45) is 6.64. The molecule has 0 aromatic rings. The van der Waals surface area contributed by atoms with E-state index in [-0.39, 0.29) is 11.9 Å². The largest absolute Gasteiger partial charge is 0.434 e. The lowest BCUT2D eigenvalue weighted by atomic mass is 10.0. The summed E-state index contributed by atoms with van der Waals surface area (Å²) in [5.74, 6) is -0.409. The Morgan fingerprint density at radius 2 is 2.45 bits per heavy atom. The Morgan fingerprint density at radius 3 is 2.91 bits per heavy atom. The van der Waals surface area contributed by atoms with Gasteiger partial charge in [0.1, 0.15) is 0 Å². The van der Waals surface area contributed by atoms with Crippen molar-refractivity contribution in [2.75, 3.05) is 0 Å².